The Labute approximate surface area is 101 Å². The van der Waals surface area contributed by atoms with Crippen LogP contribution in [-0.2, 0) is 4.74 Å². The molecular weight excluding hydrogens is 220 g/mol. The minimum absolute atomic E-state index is 0.00671. The predicted molar refractivity (Wildman–Crippen MR) is 64.0 cm³/mol. The summed E-state index contributed by atoms with van der Waals surface area (Å²) in [6.45, 7) is 5.36. The molecule has 0 saturated heterocycles. The average Bonchev–Trinajstić information content (AvgIpc) is 2.67. The first kappa shape index (κ1) is 13.3. The molecule has 0 atom stereocenters. The summed E-state index contributed by atoms with van der Waals surface area (Å²) in [7, 11) is 1.54. The van der Waals surface area contributed by atoms with E-state index in [2.05, 4.69) is 4.98 Å². The highest BCUT2D eigenvalue weighted by molar-refractivity contribution is 5.98. The van der Waals surface area contributed by atoms with Crippen LogP contribution in [0.5, 0.6) is 0 Å². The van der Waals surface area contributed by atoms with E-state index in [1.165, 1.54) is 4.90 Å². The highest BCUT2D eigenvalue weighted by Crippen LogP contribution is 2.09. The molecular formula is C12H18N2O3. The topological polar surface area (TPSA) is 62.4 Å². The molecule has 0 bridgehead atoms. The molecule has 17 heavy (non-hydrogen) atoms. The number of carbonyl (C=O) groups excluding carboxylic acids is 2. The molecule has 0 fully saturated rings. The van der Waals surface area contributed by atoms with Crippen LogP contribution in [0.1, 0.15) is 31.1 Å². The lowest BCUT2D eigenvalue weighted by Crippen LogP contribution is -2.37. The van der Waals surface area contributed by atoms with Crippen molar-refractivity contribution in [2.24, 2.45) is 0 Å². The summed E-state index contributed by atoms with van der Waals surface area (Å²) in [5.41, 5.74) is 0.00283. The Morgan fingerprint density at radius 2 is 2.06 bits per heavy atom. The van der Waals surface area contributed by atoms with Gasteiger partial charge in [0, 0.05) is 25.0 Å². The van der Waals surface area contributed by atoms with Crippen LogP contribution in [0.15, 0.2) is 18.5 Å². The average molecular weight is 238 g/mol. The number of ether oxygens (including phenoxy) is 1. The van der Waals surface area contributed by atoms with Crippen LogP contribution in [0.25, 0.3) is 0 Å². The number of likely N-dealkylation sites (N-methyl/N-ethyl adjacent to an activating group) is 1. The molecule has 1 amide bonds. The minimum Gasteiger partial charge on any atom is -0.444 e. The molecule has 1 heterocycles. The summed E-state index contributed by atoms with van der Waals surface area (Å²) >= 11 is 0. The molecule has 0 aliphatic heterocycles. The van der Waals surface area contributed by atoms with Crippen LogP contribution < -0.4 is 0 Å². The smallest absolute Gasteiger partial charge is 0.410 e. The summed E-state index contributed by atoms with van der Waals surface area (Å²) in [4.78, 5) is 27.4. The summed E-state index contributed by atoms with van der Waals surface area (Å²) in [6.07, 6.45) is 2.77. The van der Waals surface area contributed by atoms with E-state index in [0.29, 0.717) is 5.56 Å². The van der Waals surface area contributed by atoms with Crippen LogP contribution in [0.3, 0.4) is 0 Å². The van der Waals surface area contributed by atoms with Gasteiger partial charge in [0.15, 0.2) is 5.78 Å². The van der Waals surface area contributed by atoms with Gasteiger partial charge >= 0.3 is 6.09 Å². The first-order chi connectivity index (χ1) is 7.79. The highest BCUT2D eigenvalue weighted by Gasteiger charge is 2.21. The molecule has 0 saturated carbocycles. The molecule has 5 nitrogen and oxygen atoms in total. The van der Waals surface area contributed by atoms with Crippen LogP contribution >= 0.6 is 0 Å². The van der Waals surface area contributed by atoms with Crippen molar-refractivity contribution in [1.82, 2.24) is 9.88 Å². The van der Waals surface area contributed by atoms with Crippen LogP contribution in [0, 0.1) is 0 Å². The van der Waals surface area contributed by atoms with Crippen molar-refractivity contribution in [1.29, 1.82) is 0 Å². The van der Waals surface area contributed by atoms with E-state index in [1.807, 2.05) is 0 Å². The molecule has 1 rings (SSSR count). The summed E-state index contributed by atoms with van der Waals surface area (Å²) in [5, 5.41) is 0. The van der Waals surface area contributed by atoms with Crippen LogP contribution in [-0.4, -0.2) is 41.0 Å². The van der Waals surface area contributed by atoms with Crippen molar-refractivity contribution in [2.45, 2.75) is 26.4 Å². The standard InChI is InChI=1S/C12H18N2O3/c1-12(2,3)17-11(16)14(4)8-10(15)9-5-6-13-7-9/h5-7,13H,8H2,1-4H3. The van der Waals surface area contributed by atoms with Gasteiger partial charge in [-0.3, -0.25) is 4.79 Å². The Kier molecular flexibility index (Phi) is 3.93. The number of nitrogens with zero attached hydrogens (tertiary/aromatic N) is 1. The van der Waals surface area contributed by atoms with E-state index in [4.69, 9.17) is 4.74 Å². The third kappa shape index (κ3) is 4.30. The Bertz CT molecular complexity index is 390. The van der Waals surface area contributed by atoms with Crippen LogP contribution in [0.4, 0.5) is 4.79 Å². The van der Waals surface area contributed by atoms with Gasteiger partial charge in [-0.2, -0.15) is 0 Å². The van der Waals surface area contributed by atoms with E-state index < -0.39 is 11.7 Å². The van der Waals surface area contributed by atoms with Crippen molar-refractivity contribution in [2.75, 3.05) is 13.6 Å². The van der Waals surface area contributed by atoms with E-state index in [0.717, 1.165) is 0 Å². The van der Waals surface area contributed by atoms with E-state index in [9.17, 15) is 9.59 Å². The Hall–Kier alpha value is -1.78. The first-order valence-electron chi connectivity index (χ1n) is 5.40. The van der Waals surface area contributed by atoms with Gasteiger partial charge in [0.05, 0.1) is 6.54 Å². The maximum atomic E-state index is 11.7. The number of nitrogens with one attached hydrogen (secondary N) is 1. The SMILES string of the molecule is CN(CC(=O)c1cc[nH]c1)C(=O)OC(C)(C)C. The number of carbonyl (C=O) groups is 2. The van der Waals surface area contributed by atoms with Gasteiger partial charge in [0.2, 0.25) is 0 Å². The summed E-state index contributed by atoms with van der Waals surface area (Å²) < 4.78 is 5.14. The zero-order valence-corrected chi connectivity index (χ0v) is 10.6. The number of hydrogen-bond donors (Lipinski definition) is 1. The lowest BCUT2D eigenvalue weighted by Gasteiger charge is -2.24. The molecule has 0 spiro atoms. The lowest BCUT2D eigenvalue weighted by molar-refractivity contribution is 0.0295. The second-order valence-electron chi connectivity index (χ2n) is 4.86. The van der Waals surface area contributed by atoms with Crippen LogP contribution in [0.2, 0.25) is 0 Å². The number of aromatic nitrogens is 1. The van der Waals surface area contributed by atoms with E-state index in [1.54, 1.807) is 46.3 Å². The number of H-pyrrole nitrogens is 1. The van der Waals surface area contributed by atoms with Gasteiger partial charge in [-0.15, -0.1) is 0 Å². The fourth-order valence-corrected chi connectivity index (χ4v) is 1.21. The number of hydrogen-bond acceptors (Lipinski definition) is 3. The number of aromatic amines is 1. The van der Waals surface area contributed by atoms with Crippen molar-refractivity contribution in [3.05, 3.63) is 24.0 Å². The fraction of sp³-hybridized carbons (Fsp3) is 0.500. The normalized spacial score (nSPS) is 11.1. The highest BCUT2D eigenvalue weighted by atomic mass is 16.6. The zero-order chi connectivity index (χ0) is 13.1. The lowest BCUT2D eigenvalue weighted by atomic mass is 10.2. The van der Waals surface area contributed by atoms with E-state index >= 15 is 0 Å². The van der Waals surface area contributed by atoms with Gasteiger partial charge in [-0.05, 0) is 26.8 Å². The third-order valence-electron chi connectivity index (χ3n) is 2.01. The molecule has 1 N–H and O–H groups in total. The molecule has 0 aliphatic rings. The largest absolute Gasteiger partial charge is 0.444 e. The third-order valence-corrected chi connectivity index (χ3v) is 2.01. The zero-order valence-electron chi connectivity index (χ0n) is 10.6. The van der Waals surface area contributed by atoms with Gasteiger partial charge in [-0.1, -0.05) is 0 Å². The number of ketones is 1. The summed E-state index contributed by atoms with van der Waals surface area (Å²) in [6, 6.07) is 1.67. The Balaban J connectivity index is 2.52. The maximum absolute atomic E-state index is 11.7. The minimum atomic E-state index is -0.553. The van der Waals surface area contributed by atoms with Crippen molar-refractivity contribution < 1.29 is 14.3 Å². The second-order valence-corrected chi connectivity index (χ2v) is 4.86. The number of amides is 1. The number of rotatable bonds is 3. The molecule has 0 aromatic carbocycles. The first-order valence-corrected chi connectivity index (χ1v) is 5.40. The molecule has 94 valence electrons. The Morgan fingerprint density at radius 1 is 1.41 bits per heavy atom. The van der Waals surface area contributed by atoms with Gasteiger partial charge < -0.3 is 14.6 Å². The molecule has 1 aromatic heterocycles. The van der Waals surface area contributed by atoms with E-state index in [-0.39, 0.29) is 12.3 Å². The molecule has 0 radical (unpaired) electrons. The van der Waals surface area contributed by atoms with Gasteiger partial charge in [0.25, 0.3) is 0 Å². The fourth-order valence-electron chi connectivity index (χ4n) is 1.21. The van der Waals surface area contributed by atoms with Crippen molar-refractivity contribution in [3.8, 4) is 0 Å². The number of Topliss-reactive ketones (excluding diaryl/α,β-unsaturated/α-hetero) is 1. The van der Waals surface area contributed by atoms with Gasteiger partial charge in [0.1, 0.15) is 5.60 Å². The predicted octanol–water partition coefficient (Wildman–Crippen LogP) is 2.06. The van der Waals surface area contributed by atoms with Gasteiger partial charge in [-0.25, -0.2) is 4.79 Å². The molecule has 0 aliphatic carbocycles. The monoisotopic (exact) mass is 238 g/mol. The summed E-state index contributed by atoms with van der Waals surface area (Å²) in [5.74, 6) is -0.125. The Morgan fingerprint density at radius 3 is 2.53 bits per heavy atom. The molecule has 5 heteroatoms. The molecule has 1 aromatic rings. The van der Waals surface area contributed by atoms with Crippen molar-refractivity contribution >= 4 is 11.9 Å². The molecule has 0 unspecified atom stereocenters. The van der Waals surface area contributed by atoms with Crippen molar-refractivity contribution in [3.63, 3.8) is 0 Å². The quantitative estimate of drug-likeness (QED) is 0.820. The maximum Gasteiger partial charge on any atom is 0.410 e. The second kappa shape index (κ2) is 5.03.